The minimum Gasteiger partial charge on any atom is -0.316 e. The number of rotatable bonds is 2. The average Bonchev–Trinajstić information content (AvgIpc) is 2.37. The van der Waals surface area contributed by atoms with Gasteiger partial charge in [-0.05, 0) is 25.4 Å². The van der Waals surface area contributed by atoms with Crippen molar-refractivity contribution >= 4 is 5.78 Å². The SMILES string of the molecule is CC(C)(C)C(=O)CC1CCNC1. The number of carbonyl (C=O) groups is 1. The smallest absolute Gasteiger partial charge is 0.138 e. The van der Waals surface area contributed by atoms with Crippen molar-refractivity contribution in [1.29, 1.82) is 0 Å². The van der Waals surface area contributed by atoms with E-state index in [4.69, 9.17) is 0 Å². The van der Waals surface area contributed by atoms with Gasteiger partial charge in [-0.15, -0.1) is 0 Å². The van der Waals surface area contributed by atoms with Gasteiger partial charge in [0.25, 0.3) is 0 Å². The highest BCUT2D eigenvalue weighted by molar-refractivity contribution is 5.83. The predicted octanol–water partition coefficient (Wildman–Crippen LogP) is 1.60. The highest BCUT2D eigenvalue weighted by Gasteiger charge is 2.25. The molecule has 0 aromatic carbocycles. The van der Waals surface area contributed by atoms with Crippen molar-refractivity contribution in [2.24, 2.45) is 11.3 Å². The van der Waals surface area contributed by atoms with Crippen LogP contribution in [0, 0.1) is 11.3 Å². The molecule has 1 heterocycles. The highest BCUT2D eigenvalue weighted by atomic mass is 16.1. The van der Waals surface area contributed by atoms with E-state index in [-0.39, 0.29) is 5.41 Å². The van der Waals surface area contributed by atoms with Crippen molar-refractivity contribution in [3.8, 4) is 0 Å². The normalized spacial score (nSPS) is 24.4. The molecule has 1 atom stereocenters. The van der Waals surface area contributed by atoms with E-state index >= 15 is 0 Å². The first kappa shape index (κ1) is 9.72. The fourth-order valence-corrected chi connectivity index (χ4v) is 1.46. The summed E-state index contributed by atoms with van der Waals surface area (Å²) < 4.78 is 0. The summed E-state index contributed by atoms with van der Waals surface area (Å²) >= 11 is 0. The Kier molecular flexibility index (Phi) is 2.89. The van der Waals surface area contributed by atoms with Crippen LogP contribution in [0.4, 0.5) is 0 Å². The molecule has 0 bridgehead atoms. The van der Waals surface area contributed by atoms with E-state index in [9.17, 15) is 4.79 Å². The molecule has 12 heavy (non-hydrogen) atoms. The van der Waals surface area contributed by atoms with Gasteiger partial charge in [-0.2, -0.15) is 0 Å². The van der Waals surface area contributed by atoms with Crippen molar-refractivity contribution in [1.82, 2.24) is 5.32 Å². The summed E-state index contributed by atoms with van der Waals surface area (Å²) in [6, 6.07) is 0. The first-order valence-electron chi connectivity index (χ1n) is 4.74. The summed E-state index contributed by atoms with van der Waals surface area (Å²) in [6.45, 7) is 8.11. The second-order valence-corrected chi connectivity index (χ2v) is 4.74. The summed E-state index contributed by atoms with van der Waals surface area (Å²) in [5.41, 5.74) is -0.150. The third-order valence-corrected chi connectivity index (χ3v) is 2.47. The number of hydrogen-bond donors (Lipinski definition) is 1. The highest BCUT2D eigenvalue weighted by Crippen LogP contribution is 2.22. The molecule has 1 fully saturated rings. The first-order chi connectivity index (χ1) is 5.50. The van der Waals surface area contributed by atoms with Gasteiger partial charge in [0.1, 0.15) is 5.78 Å². The standard InChI is InChI=1S/C10H19NO/c1-10(2,3)9(12)6-8-4-5-11-7-8/h8,11H,4-7H2,1-3H3. The molecule has 1 rings (SSSR count). The van der Waals surface area contributed by atoms with Gasteiger partial charge in [-0.1, -0.05) is 20.8 Å². The van der Waals surface area contributed by atoms with Gasteiger partial charge in [-0.25, -0.2) is 0 Å². The van der Waals surface area contributed by atoms with Crippen LogP contribution >= 0.6 is 0 Å². The molecule has 70 valence electrons. The average molecular weight is 169 g/mol. The zero-order chi connectivity index (χ0) is 9.19. The Morgan fingerprint density at radius 2 is 2.17 bits per heavy atom. The lowest BCUT2D eigenvalue weighted by atomic mass is 9.85. The maximum Gasteiger partial charge on any atom is 0.138 e. The Morgan fingerprint density at radius 3 is 2.58 bits per heavy atom. The van der Waals surface area contributed by atoms with E-state index in [0.717, 1.165) is 19.5 Å². The van der Waals surface area contributed by atoms with Gasteiger partial charge in [0.2, 0.25) is 0 Å². The van der Waals surface area contributed by atoms with E-state index in [0.29, 0.717) is 11.7 Å². The molecule has 1 aliphatic heterocycles. The van der Waals surface area contributed by atoms with Gasteiger partial charge >= 0.3 is 0 Å². The van der Waals surface area contributed by atoms with Crippen LogP contribution < -0.4 is 5.32 Å². The van der Waals surface area contributed by atoms with Gasteiger partial charge in [0.15, 0.2) is 0 Å². The molecule has 0 aromatic rings. The Morgan fingerprint density at radius 1 is 1.50 bits per heavy atom. The van der Waals surface area contributed by atoms with Crippen LogP contribution in [0.15, 0.2) is 0 Å². The molecule has 0 aliphatic carbocycles. The van der Waals surface area contributed by atoms with E-state index in [2.05, 4.69) is 5.32 Å². The van der Waals surface area contributed by atoms with Crippen LogP contribution in [0.2, 0.25) is 0 Å². The number of carbonyl (C=O) groups excluding carboxylic acids is 1. The Labute approximate surface area is 74.7 Å². The van der Waals surface area contributed by atoms with Crippen LogP contribution in [0.5, 0.6) is 0 Å². The molecule has 0 amide bonds. The molecule has 2 heteroatoms. The molecule has 1 N–H and O–H groups in total. The third-order valence-electron chi connectivity index (χ3n) is 2.47. The monoisotopic (exact) mass is 169 g/mol. The van der Waals surface area contributed by atoms with E-state index in [1.807, 2.05) is 20.8 Å². The number of hydrogen-bond acceptors (Lipinski definition) is 2. The largest absolute Gasteiger partial charge is 0.316 e. The Hall–Kier alpha value is -0.370. The maximum atomic E-state index is 11.6. The van der Waals surface area contributed by atoms with Crippen molar-refractivity contribution < 1.29 is 4.79 Å². The molecule has 0 radical (unpaired) electrons. The topological polar surface area (TPSA) is 29.1 Å². The molecule has 1 aliphatic rings. The maximum absolute atomic E-state index is 11.6. The molecule has 2 nitrogen and oxygen atoms in total. The summed E-state index contributed by atoms with van der Waals surface area (Å²) in [4.78, 5) is 11.6. The van der Waals surface area contributed by atoms with Crippen LogP contribution in [-0.4, -0.2) is 18.9 Å². The number of ketones is 1. The minimum absolute atomic E-state index is 0.150. The third kappa shape index (κ3) is 2.59. The fourth-order valence-electron chi connectivity index (χ4n) is 1.46. The second-order valence-electron chi connectivity index (χ2n) is 4.74. The second kappa shape index (κ2) is 3.56. The van der Waals surface area contributed by atoms with Gasteiger partial charge in [0.05, 0.1) is 0 Å². The quantitative estimate of drug-likeness (QED) is 0.680. The molecule has 1 unspecified atom stereocenters. The Bertz CT molecular complexity index is 163. The van der Waals surface area contributed by atoms with Gasteiger partial charge in [0, 0.05) is 11.8 Å². The van der Waals surface area contributed by atoms with Crippen LogP contribution in [0.3, 0.4) is 0 Å². The molecule has 1 saturated heterocycles. The Balaban J connectivity index is 2.35. The number of Topliss-reactive ketones (excluding diaryl/α,β-unsaturated/α-hetero) is 1. The van der Waals surface area contributed by atoms with Crippen molar-refractivity contribution in [3.05, 3.63) is 0 Å². The zero-order valence-electron chi connectivity index (χ0n) is 8.31. The fraction of sp³-hybridized carbons (Fsp3) is 0.900. The lowest BCUT2D eigenvalue weighted by molar-refractivity contribution is -0.127. The lowest BCUT2D eigenvalue weighted by Gasteiger charge is -2.18. The van der Waals surface area contributed by atoms with Crippen LogP contribution in [0.25, 0.3) is 0 Å². The summed E-state index contributed by atoms with van der Waals surface area (Å²) in [5.74, 6) is 0.993. The van der Waals surface area contributed by atoms with Crippen molar-refractivity contribution in [3.63, 3.8) is 0 Å². The van der Waals surface area contributed by atoms with Crippen LogP contribution in [-0.2, 0) is 4.79 Å². The molecule has 0 spiro atoms. The van der Waals surface area contributed by atoms with Crippen molar-refractivity contribution in [2.75, 3.05) is 13.1 Å². The molecular weight excluding hydrogens is 150 g/mol. The predicted molar refractivity (Wildman–Crippen MR) is 50.1 cm³/mol. The zero-order valence-corrected chi connectivity index (χ0v) is 8.31. The first-order valence-corrected chi connectivity index (χ1v) is 4.74. The van der Waals surface area contributed by atoms with E-state index < -0.39 is 0 Å². The molecule has 0 aromatic heterocycles. The summed E-state index contributed by atoms with van der Waals surface area (Å²) in [5, 5.41) is 3.28. The van der Waals surface area contributed by atoms with Gasteiger partial charge < -0.3 is 5.32 Å². The molecular formula is C10H19NO. The van der Waals surface area contributed by atoms with E-state index in [1.54, 1.807) is 0 Å². The van der Waals surface area contributed by atoms with Crippen molar-refractivity contribution in [2.45, 2.75) is 33.6 Å². The summed E-state index contributed by atoms with van der Waals surface area (Å²) in [7, 11) is 0. The van der Waals surface area contributed by atoms with E-state index in [1.165, 1.54) is 6.42 Å². The minimum atomic E-state index is -0.150. The number of nitrogens with one attached hydrogen (secondary N) is 1. The van der Waals surface area contributed by atoms with Gasteiger partial charge in [-0.3, -0.25) is 4.79 Å². The van der Waals surface area contributed by atoms with Crippen LogP contribution in [0.1, 0.15) is 33.6 Å². The lowest BCUT2D eigenvalue weighted by Crippen LogP contribution is -2.23. The summed E-state index contributed by atoms with van der Waals surface area (Å²) in [6.07, 6.45) is 1.93. The molecule has 0 saturated carbocycles.